The number of rotatable bonds is 7. The van der Waals surface area contributed by atoms with Gasteiger partial charge >= 0.3 is 0 Å². The first-order valence-corrected chi connectivity index (χ1v) is 9.41. The van der Waals surface area contributed by atoms with Crippen molar-refractivity contribution in [3.05, 3.63) is 0 Å². The van der Waals surface area contributed by atoms with Gasteiger partial charge in [0.1, 0.15) is 0 Å². The highest BCUT2D eigenvalue weighted by atomic mass is 32.2. The maximum absolute atomic E-state index is 4.38. The Bertz CT molecular complexity index is 317. The molecule has 0 aromatic heterocycles. The lowest BCUT2D eigenvalue weighted by molar-refractivity contribution is 0.254. The molecule has 0 aromatic rings. The summed E-state index contributed by atoms with van der Waals surface area (Å²) in [5.74, 6) is 1.67. The van der Waals surface area contributed by atoms with Crippen LogP contribution in [-0.2, 0) is 0 Å². The largest absolute Gasteiger partial charge is 0.355 e. The Labute approximate surface area is 135 Å². The van der Waals surface area contributed by atoms with Crippen molar-refractivity contribution in [1.29, 1.82) is 0 Å². The molecule has 0 heterocycles. The average Bonchev–Trinajstić information content (AvgIpc) is 2.88. The van der Waals surface area contributed by atoms with Crippen LogP contribution < -0.4 is 10.6 Å². The minimum Gasteiger partial charge on any atom is -0.355 e. The number of thioether (sulfide) groups is 1. The second-order valence-electron chi connectivity index (χ2n) is 6.71. The van der Waals surface area contributed by atoms with Crippen LogP contribution >= 0.6 is 11.8 Å². The summed E-state index contributed by atoms with van der Waals surface area (Å²) in [7, 11) is 6.18. The van der Waals surface area contributed by atoms with Gasteiger partial charge in [0.05, 0.1) is 0 Å². The van der Waals surface area contributed by atoms with Gasteiger partial charge in [-0.25, -0.2) is 0 Å². The molecule has 1 aliphatic rings. The Balaban J connectivity index is 2.40. The third kappa shape index (κ3) is 6.92. The van der Waals surface area contributed by atoms with E-state index in [4.69, 9.17) is 0 Å². The van der Waals surface area contributed by atoms with Crippen molar-refractivity contribution < 1.29 is 0 Å². The molecule has 1 fully saturated rings. The van der Waals surface area contributed by atoms with Crippen molar-refractivity contribution in [3.8, 4) is 0 Å². The van der Waals surface area contributed by atoms with Gasteiger partial charge in [-0.05, 0) is 52.0 Å². The van der Waals surface area contributed by atoms with Crippen LogP contribution in [0.1, 0.15) is 39.5 Å². The van der Waals surface area contributed by atoms with Crippen molar-refractivity contribution in [2.24, 2.45) is 10.9 Å². The van der Waals surface area contributed by atoms with E-state index in [0.29, 0.717) is 18.0 Å². The van der Waals surface area contributed by atoms with Gasteiger partial charge in [-0.3, -0.25) is 4.99 Å². The number of nitrogens with zero attached hydrogens (tertiary/aromatic N) is 2. The SMILES string of the molecule is CN=C(NCC(CC(C)C)N(C)C)NC1CCC(SC)C1. The fraction of sp³-hybridized carbons (Fsp3) is 0.938. The summed E-state index contributed by atoms with van der Waals surface area (Å²) in [6, 6.07) is 1.13. The van der Waals surface area contributed by atoms with Crippen molar-refractivity contribution in [2.45, 2.75) is 56.9 Å². The molecule has 0 saturated heterocycles. The summed E-state index contributed by atoms with van der Waals surface area (Å²) >= 11 is 1.99. The Morgan fingerprint density at radius 2 is 2.05 bits per heavy atom. The summed E-state index contributed by atoms with van der Waals surface area (Å²) in [6.07, 6.45) is 7.26. The molecule has 124 valence electrons. The molecule has 4 nitrogen and oxygen atoms in total. The topological polar surface area (TPSA) is 39.7 Å². The Morgan fingerprint density at radius 3 is 2.52 bits per heavy atom. The smallest absolute Gasteiger partial charge is 0.191 e. The van der Waals surface area contributed by atoms with E-state index in [1.807, 2.05) is 18.8 Å². The zero-order valence-corrected chi connectivity index (χ0v) is 15.5. The molecule has 1 saturated carbocycles. The van der Waals surface area contributed by atoms with Crippen LogP contribution in [0.4, 0.5) is 0 Å². The highest BCUT2D eigenvalue weighted by Crippen LogP contribution is 2.27. The van der Waals surface area contributed by atoms with Crippen LogP contribution in [0.15, 0.2) is 4.99 Å². The van der Waals surface area contributed by atoms with E-state index < -0.39 is 0 Å². The minimum absolute atomic E-state index is 0.547. The van der Waals surface area contributed by atoms with Crippen molar-refractivity contribution in [2.75, 3.05) is 33.9 Å². The van der Waals surface area contributed by atoms with Crippen LogP contribution in [-0.4, -0.2) is 62.1 Å². The fourth-order valence-corrected chi connectivity index (χ4v) is 3.71. The zero-order valence-electron chi connectivity index (χ0n) is 14.6. The summed E-state index contributed by atoms with van der Waals surface area (Å²) in [4.78, 5) is 6.69. The summed E-state index contributed by atoms with van der Waals surface area (Å²) in [5.41, 5.74) is 0. The molecule has 21 heavy (non-hydrogen) atoms. The summed E-state index contributed by atoms with van der Waals surface area (Å²) in [5, 5.41) is 7.91. The predicted molar refractivity (Wildman–Crippen MR) is 96.4 cm³/mol. The van der Waals surface area contributed by atoms with E-state index in [1.54, 1.807) is 0 Å². The van der Waals surface area contributed by atoms with E-state index in [-0.39, 0.29) is 0 Å². The predicted octanol–water partition coefficient (Wildman–Crippen LogP) is 2.41. The summed E-state index contributed by atoms with van der Waals surface area (Å²) in [6.45, 7) is 5.51. The maximum atomic E-state index is 4.38. The first-order valence-electron chi connectivity index (χ1n) is 8.12. The van der Waals surface area contributed by atoms with E-state index >= 15 is 0 Å². The Morgan fingerprint density at radius 1 is 1.33 bits per heavy atom. The third-order valence-electron chi connectivity index (χ3n) is 4.26. The van der Waals surface area contributed by atoms with E-state index in [9.17, 15) is 0 Å². The molecule has 2 N–H and O–H groups in total. The lowest BCUT2D eigenvalue weighted by Crippen LogP contribution is -2.47. The molecule has 3 unspecified atom stereocenters. The maximum Gasteiger partial charge on any atom is 0.191 e. The lowest BCUT2D eigenvalue weighted by atomic mass is 10.0. The fourth-order valence-electron chi connectivity index (χ4n) is 2.91. The second kappa shape index (κ2) is 9.57. The monoisotopic (exact) mass is 314 g/mol. The van der Waals surface area contributed by atoms with Gasteiger partial charge in [-0.1, -0.05) is 13.8 Å². The van der Waals surface area contributed by atoms with Crippen LogP contribution in [0.5, 0.6) is 0 Å². The highest BCUT2D eigenvalue weighted by molar-refractivity contribution is 7.99. The molecule has 0 spiro atoms. The van der Waals surface area contributed by atoms with Crippen LogP contribution in [0.2, 0.25) is 0 Å². The molecular weight excluding hydrogens is 280 g/mol. The van der Waals surface area contributed by atoms with Gasteiger partial charge < -0.3 is 15.5 Å². The van der Waals surface area contributed by atoms with Gasteiger partial charge in [0.2, 0.25) is 0 Å². The minimum atomic E-state index is 0.547. The summed E-state index contributed by atoms with van der Waals surface area (Å²) < 4.78 is 0. The number of guanidine groups is 1. The molecule has 1 rings (SSSR count). The van der Waals surface area contributed by atoms with Gasteiger partial charge in [0.15, 0.2) is 5.96 Å². The van der Waals surface area contributed by atoms with Gasteiger partial charge in [0.25, 0.3) is 0 Å². The number of nitrogens with one attached hydrogen (secondary N) is 2. The van der Waals surface area contributed by atoms with Crippen LogP contribution in [0.3, 0.4) is 0 Å². The van der Waals surface area contributed by atoms with Crippen LogP contribution in [0, 0.1) is 5.92 Å². The number of hydrogen-bond donors (Lipinski definition) is 2. The van der Waals surface area contributed by atoms with Crippen molar-refractivity contribution in [3.63, 3.8) is 0 Å². The molecule has 1 aliphatic carbocycles. The number of aliphatic imine (C=N–C) groups is 1. The van der Waals surface area contributed by atoms with Gasteiger partial charge in [0, 0.05) is 30.9 Å². The first kappa shape index (κ1) is 18.6. The molecule has 0 radical (unpaired) electrons. The van der Waals surface area contributed by atoms with Gasteiger partial charge in [-0.15, -0.1) is 0 Å². The number of likely N-dealkylation sites (N-methyl/N-ethyl adjacent to an activating group) is 1. The molecule has 0 aliphatic heterocycles. The van der Waals surface area contributed by atoms with Crippen molar-refractivity contribution >= 4 is 17.7 Å². The van der Waals surface area contributed by atoms with E-state index in [0.717, 1.165) is 17.8 Å². The second-order valence-corrected chi connectivity index (χ2v) is 7.85. The molecule has 0 aromatic carbocycles. The molecular formula is C16H34N4S. The Hall–Kier alpha value is -0.420. The standard InChI is InChI=1S/C16H34N4S/c1-12(2)9-14(20(4)5)11-18-16(17-3)19-13-7-8-15(10-13)21-6/h12-15H,7-11H2,1-6H3,(H2,17,18,19). The number of hydrogen-bond acceptors (Lipinski definition) is 3. The molecule has 5 heteroatoms. The molecule has 3 atom stereocenters. The van der Waals surface area contributed by atoms with E-state index in [2.05, 4.69) is 54.7 Å². The first-order chi connectivity index (χ1) is 9.96. The molecule has 0 bridgehead atoms. The van der Waals surface area contributed by atoms with Crippen molar-refractivity contribution in [1.82, 2.24) is 15.5 Å². The third-order valence-corrected chi connectivity index (χ3v) is 5.36. The van der Waals surface area contributed by atoms with Crippen LogP contribution in [0.25, 0.3) is 0 Å². The highest BCUT2D eigenvalue weighted by Gasteiger charge is 2.24. The van der Waals surface area contributed by atoms with Gasteiger partial charge in [-0.2, -0.15) is 11.8 Å². The Kier molecular flexibility index (Phi) is 8.49. The average molecular weight is 315 g/mol. The quantitative estimate of drug-likeness (QED) is 0.559. The normalized spacial score (nSPS) is 24.7. The van der Waals surface area contributed by atoms with E-state index in [1.165, 1.54) is 25.7 Å². The zero-order chi connectivity index (χ0) is 15.8. The lowest BCUT2D eigenvalue weighted by Gasteiger charge is -2.27. The molecule has 0 amide bonds.